The molecule has 0 aromatic rings. The van der Waals surface area contributed by atoms with Gasteiger partial charge in [0, 0.05) is 19.3 Å². The van der Waals surface area contributed by atoms with E-state index < -0.39 is 6.10 Å². The number of esters is 3. The van der Waals surface area contributed by atoms with Gasteiger partial charge < -0.3 is 14.2 Å². The molecule has 0 radical (unpaired) electrons. The molecule has 0 N–H and O–H groups in total. The quantitative estimate of drug-likeness (QED) is 0.0261. The third-order valence-corrected chi connectivity index (χ3v) is 14.7. The van der Waals surface area contributed by atoms with Gasteiger partial charge in [-0.3, -0.25) is 14.4 Å². The molecule has 1 unspecified atom stereocenters. The smallest absolute Gasteiger partial charge is 0.306 e. The van der Waals surface area contributed by atoms with Crippen molar-refractivity contribution in [2.24, 2.45) is 0 Å². The third-order valence-electron chi connectivity index (χ3n) is 14.7. The SMILES string of the molecule is CC/C=C\C/C=C\C/C=C\C/C=C\C/C=C\C/C=C\C/C=C\C/C=C\CCCCC(=O)OCC(COC(=O)CCCCCCCCCCCCCCCCCC)OC(=O)CCCCCCCCCCC/C=C\C/C=C\CCCCCCC. The van der Waals surface area contributed by atoms with Gasteiger partial charge in [0.2, 0.25) is 0 Å². The third kappa shape index (κ3) is 66.6. The van der Waals surface area contributed by atoms with Crippen LogP contribution in [0.5, 0.6) is 0 Å². The lowest BCUT2D eigenvalue weighted by Crippen LogP contribution is -2.30. The maximum absolute atomic E-state index is 13.0. The highest BCUT2D eigenvalue weighted by Gasteiger charge is 2.19. The number of ether oxygens (including phenoxy) is 3. The largest absolute Gasteiger partial charge is 0.462 e. The predicted octanol–water partition coefficient (Wildman–Crippen LogP) is 23.9. The summed E-state index contributed by atoms with van der Waals surface area (Å²) in [5.41, 5.74) is 0. The van der Waals surface area contributed by atoms with Crippen molar-refractivity contribution >= 4 is 17.9 Å². The Kier molecular flexibility index (Phi) is 65.8. The number of allylic oxidation sites excluding steroid dienone is 20. The number of hydrogen-bond donors (Lipinski definition) is 0. The van der Waals surface area contributed by atoms with E-state index in [0.29, 0.717) is 19.3 Å². The van der Waals surface area contributed by atoms with Gasteiger partial charge in [-0.05, 0) is 116 Å². The summed E-state index contributed by atoms with van der Waals surface area (Å²) in [6, 6.07) is 0. The summed E-state index contributed by atoms with van der Waals surface area (Å²) in [7, 11) is 0. The number of unbranched alkanes of at least 4 members (excludes halogenated alkanes) is 31. The van der Waals surface area contributed by atoms with E-state index in [0.717, 1.165) is 116 Å². The highest BCUT2D eigenvalue weighted by molar-refractivity contribution is 5.71. The van der Waals surface area contributed by atoms with E-state index in [1.165, 1.54) is 167 Å². The van der Waals surface area contributed by atoms with Crippen molar-refractivity contribution in [2.75, 3.05) is 13.2 Å². The number of hydrogen-bond acceptors (Lipinski definition) is 6. The molecular weight excluding hydrogens is 1010 g/mol. The Hall–Kier alpha value is -4.19. The lowest BCUT2D eigenvalue weighted by atomic mass is 10.0. The summed E-state index contributed by atoms with van der Waals surface area (Å²) in [6.45, 7) is 6.51. The van der Waals surface area contributed by atoms with Crippen LogP contribution in [0, 0.1) is 0 Å². The molecule has 6 nitrogen and oxygen atoms in total. The van der Waals surface area contributed by atoms with Gasteiger partial charge in [0.05, 0.1) is 0 Å². The van der Waals surface area contributed by atoms with Crippen LogP contribution in [0.2, 0.25) is 0 Å². The molecule has 0 bridgehead atoms. The second-order valence-corrected chi connectivity index (χ2v) is 22.7. The molecule has 0 aliphatic carbocycles. The monoisotopic (exact) mass is 1140 g/mol. The molecule has 468 valence electrons. The molecule has 82 heavy (non-hydrogen) atoms. The Morgan fingerprint density at radius 1 is 0.256 bits per heavy atom. The molecule has 0 aliphatic rings. The summed E-state index contributed by atoms with van der Waals surface area (Å²) in [5, 5.41) is 0. The Balaban J connectivity index is 4.46. The molecule has 0 aromatic carbocycles. The zero-order valence-corrected chi connectivity index (χ0v) is 53.7. The lowest BCUT2D eigenvalue weighted by molar-refractivity contribution is -0.167. The van der Waals surface area contributed by atoms with E-state index in [9.17, 15) is 14.4 Å². The second-order valence-electron chi connectivity index (χ2n) is 22.7. The van der Waals surface area contributed by atoms with E-state index in [1.807, 2.05) is 0 Å². The van der Waals surface area contributed by atoms with Crippen molar-refractivity contribution in [1.82, 2.24) is 0 Å². The summed E-state index contributed by atoms with van der Waals surface area (Å²) in [4.78, 5) is 38.4. The summed E-state index contributed by atoms with van der Waals surface area (Å²) >= 11 is 0. The summed E-state index contributed by atoms with van der Waals surface area (Å²) in [6.07, 6.45) is 96.4. The van der Waals surface area contributed by atoms with Crippen molar-refractivity contribution in [3.8, 4) is 0 Å². The fourth-order valence-electron chi connectivity index (χ4n) is 9.55. The Morgan fingerprint density at radius 2 is 0.476 bits per heavy atom. The molecule has 0 saturated heterocycles. The van der Waals surface area contributed by atoms with Crippen LogP contribution in [-0.4, -0.2) is 37.2 Å². The van der Waals surface area contributed by atoms with Gasteiger partial charge in [-0.2, -0.15) is 0 Å². The highest BCUT2D eigenvalue weighted by atomic mass is 16.6. The lowest BCUT2D eigenvalue weighted by Gasteiger charge is -2.18. The predicted molar refractivity (Wildman–Crippen MR) is 357 cm³/mol. The molecule has 6 heteroatoms. The minimum absolute atomic E-state index is 0.0930. The first-order valence-electron chi connectivity index (χ1n) is 34.5. The van der Waals surface area contributed by atoms with Gasteiger partial charge in [0.25, 0.3) is 0 Å². The van der Waals surface area contributed by atoms with Crippen LogP contribution in [0.1, 0.15) is 323 Å². The van der Waals surface area contributed by atoms with Gasteiger partial charge in [-0.1, -0.05) is 309 Å². The molecule has 0 fully saturated rings. The van der Waals surface area contributed by atoms with Crippen molar-refractivity contribution in [1.29, 1.82) is 0 Å². The molecule has 0 heterocycles. The van der Waals surface area contributed by atoms with E-state index >= 15 is 0 Å². The van der Waals surface area contributed by atoms with Crippen LogP contribution in [-0.2, 0) is 28.6 Å². The van der Waals surface area contributed by atoms with Gasteiger partial charge in [0.1, 0.15) is 13.2 Å². The van der Waals surface area contributed by atoms with Crippen molar-refractivity contribution < 1.29 is 28.6 Å². The Morgan fingerprint density at radius 3 is 0.768 bits per heavy atom. The van der Waals surface area contributed by atoms with Crippen LogP contribution in [0.25, 0.3) is 0 Å². The fourth-order valence-corrected chi connectivity index (χ4v) is 9.55. The first-order chi connectivity index (χ1) is 40.5. The Labute approximate surface area is 507 Å². The van der Waals surface area contributed by atoms with Gasteiger partial charge in [-0.25, -0.2) is 0 Å². The van der Waals surface area contributed by atoms with E-state index in [1.54, 1.807) is 0 Å². The normalized spacial score (nSPS) is 12.9. The van der Waals surface area contributed by atoms with Gasteiger partial charge in [0.15, 0.2) is 6.10 Å². The van der Waals surface area contributed by atoms with Crippen LogP contribution in [0.3, 0.4) is 0 Å². The molecule has 0 amide bonds. The summed E-state index contributed by atoms with van der Waals surface area (Å²) < 4.78 is 16.9. The number of rotatable bonds is 62. The Bertz CT molecular complexity index is 1690. The number of carbonyl (C=O) groups excluding carboxylic acids is 3. The minimum atomic E-state index is -0.802. The van der Waals surface area contributed by atoms with E-state index in [4.69, 9.17) is 14.2 Å². The molecule has 0 rings (SSSR count). The molecule has 1 atom stereocenters. The molecule has 0 spiro atoms. The maximum Gasteiger partial charge on any atom is 0.306 e. The van der Waals surface area contributed by atoms with Crippen molar-refractivity contribution in [3.63, 3.8) is 0 Å². The average molecular weight is 1140 g/mol. The first kappa shape index (κ1) is 77.8. The fraction of sp³-hybridized carbons (Fsp3) is 0.697. The van der Waals surface area contributed by atoms with Gasteiger partial charge >= 0.3 is 17.9 Å². The van der Waals surface area contributed by atoms with Crippen LogP contribution in [0.15, 0.2) is 122 Å². The molecular formula is C76H128O6. The van der Waals surface area contributed by atoms with Crippen molar-refractivity contribution in [2.45, 2.75) is 329 Å². The van der Waals surface area contributed by atoms with E-state index in [2.05, 4.69) is 142 Å². The number of carbonyl (C=O) groups is 3. The molecule has 0 aliphatic heterocycles. The van der Waals surface area contributed by atoms with Crippen molar-refractivity contribution in [3.05, 3.63) is 122 Å². The molecule has 0 aromatic heterocycles. The van der Waals surface area contributed by atoms with E-state index in [-0.39, 0.29) is 31.1 Å². The zero-order chi connectivity index (χ0) is 59.2. The molecule has 0 saturated carbocycles. The first-order valence-corrected chi connectivity index (χ1v) is 34.5. The topological polar surface area (TPSA) is 78.9 Å². The highest BCUT2D eigenvalue weighted by Crippen LogP contribution is 2.16. The zero-order valence-electron chi connectivity index (χ0n) is 53.7. The van der Waals surface area contributed by atoms with Crippen LogP contribution >= 0.6 is 0 Å². The van der Waals surface area contributed by atoms with Gasteiger partial charge in [-0.15, -0.1) is 0 Å². The standard InChI is InChI=1S/C76H128O6/c1-4-7-10-13-16-19-22-25-28-31-33-35-36-37-38-39-40-42-43-45-48-51-54-57-60-63-66-69-75(78)81-72-73(71-80-74(77)68-65-62-59-56-53-50-47-30-27-24-21-18-15-12-9-6-3)82-76(79)70-67-64-61-58-55-52-49-46-44-41-34-32-29-26-23-20-17-14-11-8-5-2/h7,10,16,19,23,25-26,28,32-35,37-38,40,42,45,48,54,57,73H,4-6,8-9,11-15,17-18,20-22,24,27,29-31,36,39,41,43-44,46-47,49-53,55-56,58-72H2,1-3H3/b10-7-,19-16-,26-23-,28-25-,34-32-,35-33-,38-37-,42-40-,48-45-,57-54-. The maximum atomic E-state index is 13.0. The average Bonchev–Trinajstić information content (AvgIpc) is 3.47. The summed E-state index contributed by atoms with van der Waals surface area (Å²) in [5.74, 6) is -0.932. The second kappa shape index (κ2) is 69.3. The van der Waals surface area contributed by atoms with Crippen LogP contribution in [0.4, 0.5) is 0 Å². The minimum Gasteiger partial charge on any atom is -0.462 e. The van der Waals surface area contributed by atoms with Crippen LogP contribution < -0.4 is 0 Å².